The Kier molecular flexibility index (Phi) is 4.36. The van der Waals surface area contributed by atoms with E-state index in [0.29, 0.717) is 0 Å². The summed E-state index contributed by atoms with van der Waals surface area (Å²) in [6.07, 6.45) is 0. The number of fused-ring (bicyclic) bond motifs is 11. The third kappa shape index (κ3) is 2.82. The summed E-state index contributed by atoms with van der Waals surface area (Å²) in [5.41, 5.74) is 7.31. The number of para-hydroxylation sites is 2. The van der Waals surface area contributed by atoms with E-state index in [1.807, 2.05) is 0 Å². The van der Waals surface area contributed by atoms with Crippen molar-refractivity contribution in [2.45, 2.75) is 0 Å². The molecule has 0 bridgehead atoms. The van der Waals surface area contributed by atoms with Crippen LogP contribution in [-0.2, 0) is 0 Å². The molecule has 0 N–H and O–H groups in total. The number of rotatable bonds is 2. The van der Waals surface area contributed by atoms with Crippen molar-refractivity contribution in [1.29, 1.82) is 0 Å². The van der Waals surface area contributed by atoms with Crippen LogP contribution in [0.25, 0.3) is 76.5 Å². The monoisotopic (exact) mass is 508 g/mol. The number of hydrogen-bond acceptors (Lipinski definition) is 0. The van der Waals surface area contributed by atoms with Gasteiger partial charge in [0, 0.05) is 27.5 Å². The highest BCUT2D eigenvalue weighted by atomic mass is 15.1. The Bertz CT molecular complexity index is 2420. The molecule has 2 nitrogen and oxygen atoms in total. The van der Waals surface area contributed by atoms with Crippen LogP contribution in [0, 0.1) is 0 Å². The van der Waals surface area contributed by atoms with Crippen LogP contribution in [0.3, 0.4) is 0 Å². The van der Waals surface area contributed by atoms with E-state index in [4.69, 9.17) is 0 Å². The molecule has 0 saturated carbocycles. The van der Waals surface area contributed by atoms with Crippen molar-refractivity contribution in [3.8, 4) is 11.4 Å². The normalized spacial score (nSPS) is 12.0. The molecule has 186 valence electrons. The average molecular weight is 509 g/mol. The molecule has 0 amide bonds. The van der Waals surface area contributed by atoms with Gasteiger partial charge in [-0.1, -0.05) is 115 Å². The van der Waals surface area contributed by atoms with Crippen molar-refractivity contribution in [2.75, 3.05) is 0 Å². The summed E-state index contributed by atoms with van der Waals surface area (Å²) in [4.78, 5) is 0. The molecule has 0 aliphatic carbocycles. The van der Waals surface area contributed by atoms with Gasteiger partial charge in [-0.15, -0.1) is 0 Å². The van der Waals surface area contributed by atoms with Gasteiger partial charge < -0.3 is 9.13 Å². The maximum absolute atomic E-state index is 2.52. The Balaban J connectivity index is 1.63. The molecule has 0 spiro atoms. The van der Waals surface area contributed by atoms with Crippen molar-refractivity contribution in [1.82, 2.24) is 9.13 Å². The average Bonchev–Trinajstić information content (AvgIpc) is 3.55. The largest absolute Gasteiger partial charge is 0.307 e. The predicted octanol–water partition coefficient (Wildman–Crippen LogP) is 10.2. The highest BCUT2D eigenvalue weighted by Crippen LogP contribution is 2.46. The van der Waals surface area contributed by atoms with Crippen LogP contribution in [0.1, 0.15) is 0 Å². The molecule has 0 atom stereocenters. The summed E-state index contributed by atoms with van der Waals surface area (Å²) in [5, 5.41) is 10.1. The van der Waals surface area contributed by atoms with E-state index in [-0.39, 0.29) is 0 Å². The van der Waals surface area contributed by atoms with Crippen molar-refractivity contribution in [3.05, 3.63) is 146 Å². The lowest BCUT2D eigenvalue weighted by atomic mass is 9.97. The van der Waals surface area contributed by atoms with E-state index >= 15 is 0 Å². The molecule has 2 aromatic heterocycles. The van der Waals surface area contributed by atoms with Gasteiger partial charge >= 0.3 is 0 Å². The first-order valence-electron chi connectivity index (χ1n) is 13.8. The van der Waals surface area contributed by atoms with Crippen molar-refractivity contribution in [3.63, 3.8) is 0 Å². The van der Waals surface area contributed by atoms with Gasteiger partial charge in [0.2, 0.25) is 0 Å². The minimum absolute atomic E-state index is 1.17. The summed E-state index contributed by atoms with van der Waals surface area (Å²) >= 11 is 0. The number of nitrogens with zero attached hydrogens (tertiary/aromatic N) is 2. The summed E-state index contributed by atoms with van der Waals surface area (Å²) < 4.78 is 4.99. The van der Waals surface area contributed by atoms with Crippen molar-refractivity contribution in [2.24, 2.45) is 0 Å². The zero-order valence-electron chi connectivity index (χ0n) is 21.8. The van der Waals surface area contributed by atoms with Gasteiger partial charge in [0.25, 0.3) is 0 Å². The third-order valence-electron chi connectivity index (χ3n) is 8.44. The van der Waals surface area contributed by atoms with Gasteiger partial charge in [0.15, 0.2) is 0 Å². The Morgan fingerprint density at radius 2 is 0.925 bits per heavy atom. The van der Waals surface area contributed by atoms with Crippen LogP contribution < -0.4 is 0 Å². The predicted molar refractivity (Wildman–Crippen MR) is 170 cm³/mol. The minimum atomic E-state index is 1.17. The van der Waals surface area contributed by atoms with E-state index in [9.17, 15) is 0 Å². The molecule has 0 aliphatic rings. The molecule has 0 unspecified atom stereocenters. The molecular weight excluding hydrogens is 484 g/mol. The van der Waals surface area contributed by atoms with Crippen LogP contribution in [0.2, 0.25) is 0 Å². The van der Waals surface area contributed by atoms with Crippen molar-refractivity contribution >= 4 is 65.2 Å². The lowest BCUT2D eigenvalue weighted by molar-refractivity contribution is 1.18. The Labute approximate surface area is 230 Å². The standard InChI is InChI=1S/C38H24N2/c1-2-14-27(15-3-1)39-34-21-11-10-20-33(34)37-38(39)35-31-18-8-6-16-29(31)30-17-7-9-19-32(30)36(35)40(37)28-23-22-25-12-4-5-13-26(25)24-28/h1-24H. The lowest BCUT2D eigenvalue weighted by Gasteiger charge is -2.14. The summed E-state index contributed by atoms with van der Waals surface area (Å²) in [5.74, 6) is 0. The molecule has 7 aromatic carbocycles. The minimum Gasteiger partial charge on any atom is -0.307 e. The molecule has 9 rings (SSSR count). The first kappa shape index (κ1) is 21.6. The van der Waals surface area contributed by atoms with Crippen LogP contribution >= 0.6 is 0 Å². The second-order valence-corrected chi connectivity index (χ2v) is 10.6. The van der Waals surface area contributed by atoms with E-state index < -0.39 is 0 Å². The van der Waals surface area contributed by atoms with Gasteiger partial charge in [-0.3, -0.25) is 0 Å². The molecule has 0 fully saturated rings. The number of benzene rings is 7. The van der Waals surface area contributed by atoms with Gasteiger partial charge in [-0.05, 0) is 57.3 Å². The van der Waals surface area contributed by atoms with Crippen LogP contribution in [0.15, 0.2) is 146 Å². The van der Waals surface area contributed by atoms with Gasteiger partial charge in [-0.2, -0.15) is 0 Å². The SMILES string of the molecule is c1ccc(-n2c3ccccc3c3c2c2c4ccccc4c4ccccc4c2n3-c2ccc3ccccc3c2)cc1. The number of aromatic nitrogens is 2. The van der Waals surface area contributed by atoms with Crippen LogP contribution in [0.4, 0.5) is 0 Å². The first-order valence-corrected chi connectivity index (χ1v) is 13.8. The molecule has 40 heavy (non-hydrogen) atoms. The van der Waals surface area contributed by atoms with Crippen LogP contribution in [-0.4, -0.2) is 9.13 Å². The maximum atomic E-state index is 2.52. The van der Waals surface area contributed by atoms with E-state index in [1.54, 1.807) is 0 Å². The molecule has 0 saturated heterocycles. The second-order valence-electron chi connectivity index (χ2n) is 10.6. The topological polar surface area (TPSA) is 9.86 Å². The summed E-state index contributed by atoms with van der Waals surface area (Å²) in [6.45, 7) is 0. The molecular formula is C38H24N2. The second kappa shape index (κ2) is 8.08. The molecule has 9 aromatic rings. The van der Waals surface area contributed by atoms with Gasteiger partial charge in [-0.25, -0.2) is 0 Å². The molecule has 0 aliphatic heterocycles. The highest BCUT2D eigenvalue weighted by molar-refractivity contribution is 6.34. The summed E-state index contributed by atoms with van der Waals surface area (Å²) in [7, 11) is 0. The zero-order chi connectivity index (χ0) is 26.2. The quantitative estimate of drug-likeness (QED) is 0.206. The van der Waals surface area contributed by atoms with Gasteiger partial charge in [0.05, 0.1) is 22.1 Å². The van der Waals surface area contributed by atoms with Crippen molar-refractivity contribution < 1.29 is 0 Å². The lowest BCUT2D eigenvalue weighted by Crippen LogP contribution is -1.95. The maximum Gasteiger partial charge on any atom is 0.0810 e. The first-order chi connectivity index (χ1) is 19.9. The van der Waals surface area contributed by atoms with E-state index in [0.717, 1.165) is 0 Å². The van der Waals surface area contributed by atoms with E-state index in [2.05, 4.69) is 155 Å². The fourth-order valence-electron chi connectivity index (χ4n) is 6.81. The fraction of sp³-hybridized carbons (Fsp3) is 0. The van der Waals surface area contributed by atoms with Crippen LogP contribution in [0.5, 0.6) is 0 Å². The Hall–Kier alpha value is -5.34. The molecule has 0 radical (unpaired) electrons. The third-order valence-corrected chi connectivity index (χ3v) is 8.44. The number of hydrogen-bond donors (Lipinski definition) is 0. The fourth-order valence-corrected chi connectivity index (χ4v) is 6.81. The zero-order valence-corrected chi connectivity index (χ0v) is 21.8. The van der Waals surface area contributed by atoms with Gasteiger partial charge in [0.1, 0.15) is 0 Å². The molecule has 2 heteroatoms. The Morgan fingerprint density at radius 3 is 1.73 bits per heavy atom. The highest BCUT2D eigenvalue weighted by Gasteiger charge is 2.25. The summed E-state index contributed by atoms with van der Waals surface area (Å²) in [6, 6.07) is 52.9. The Morgan fingerprint density at radius 1 is 0.325 bits per heavy atom. The smallest absolute Gasteiger partial charge is 0.0810 e. The van der Waals surface area contributed by atoms with E-state index in [1.165, 1.54) is 76.5 Å². The molecule has 2 heterocycles.